The molecule has 5 heteroatoms. The number of aromatic carboxylic acids is 1. The van der Waals surface area contributed by atoms with Crippen molar-refractivity contribution in [2.45, 2.75) is 31.8 Å². The quantitative estimate of drug-likeness (QED) is 0.741. The number of carbonyl (C=O) groups is 2. The second-order valence-electron chi connectivity index (χ2n) is 5.24. The Balaban J connectivity index is 1.91. The van der Waals surface area contributed by atoms with Gasteiger partial charge in [-0.1, -0.05) is 12.1 Å². The monoisotopic (exact) mass is 262 g/mol. The van der Waals surface area contributed by atoms with Crippen LogP contribution < -0.4 is 11.1 Å². The van der Waals surface area contributed by atoms with Crippen molar-refractivity contribution < 1.29 is 14.7 Å². The maximum atomic E-state index is 12.0. The van der Waals surface area contributed by atoms with E-state index in [4.69, 9.17) is 10.8 Å². The number of carboxylic acid groups (broad SMARTS) is 1. The van der Waals surface area contributed by atoms with Crippen molar-refractivity contribution in [3.8, 4) is 0 Å². The molecule has 5 nitrogen and oxygen atoms in total. The van der Waals surface area contributed by atoms with Crippen molar-refractivity contribution in [2.75, 3.05) is 0 Å². The Morgan fingerprint density at radius 1 is 1.37 bits per heavy atom. The zero-order valence-electron chi connectivity index (χ0n) is 10.8. The van der Waals surface area contributed by atoms with Gasteiger partial charge in [0.25, 0.3) is 0 Å². The third-order valence-corrected chi connectivity index (χ3v) is 3.57. The molecular formula is C14H18N2O3. The molecule has 0 bridgehead atoms. The Morgan fingerprint density at radius 2 is 1.95 bits per heavy atom. The van der Waals surface area contributed by atoms with E-state index in [0.717, 1.165) is 18.4 Å². The standard InChI is InChI=1S/C14H18N2O3/c1-14(15,11-6-7-11)13(19)16-8-9-2-4-10(5-3-9)12(17)18/h2-5,11H,6-8,15H2,1H3,(H,16,19)(H,17,18). The lowest BCUT2D eigenvalue weighted by Crippen LogP contribution is -2.53. The van der Waals surface area contributed by atoms with Crippen molar-refractivity contribution in [3.05, 3.63) is 35.4 Å². The van der Waals surface area contributed by atoms with Crippen LogP contribution in [-0.4, -0.2) is 22.5 Å². The second kappa shape index (κ2) is 5.01. The van der Waals surface area contributed by atoms with Crippen molar-refractivity contribution in [1.29, 1.82) is 0 Å². The lowest BCUT2D eigenvalue weighted by atomic mass is 9.96. The first-order chi connectivity index (χ1) is 8.91. The summed E-state index contributed by atoms with van der Waals surface area (Å²) < 4.78 is 0. The van der Waals surface area contributed by atoms with E-state index in [9.17, 15) is 9.59 Å². The van der Waals surface area contributed by atoms with Gasteiger partial charge in [0.05, 0.1) is 11.1 Å². The molecule has 1 atom stereocenters. The van der Waals surface area contributed by atoms with E-state index in [2.05, 4.69) is 5.32 Å². The van der Waals surface area contributed by atoms with Gasteiger partial charge in [0, 0.05) is 6.54 Å². The molecule has 0 radical (unpaired) electrons. The Bertz CT molecular complexity index is 490. The maximum Gasteiger partial charge on any atom is 0.335 e. The molecule has 0 aromatic heterocycles. The molecule has 102 valence electrons. The van der Waals surface area contributed by atoms with Crippen LogP contribution >= 0.6 is 0 Å². The number of rotatable bonds is 5. The van der Waals surface area contributed by atoms with Crippen molar-refractivity contribution in [1.82, 2.24) is 5.32 Å². The molecule has 0 saturated heterocycles. The minimum absolute atomic E-state index is 0.155. The van der Waals surface area contributed by atoms with E-state index in [1.165, 1.54) is 12.1 Å². The van der Waals surface area contributed by atoms with Gasteiger partial charge in [-0.05, 0) is 43.4 Å². The molecule has 0 spiro atoms. The molecule has 1 aromatic carbocycles. The predicted octanol–water partition coefficient (Wildman–Crippen LogP) is 1.13. The summed E-state index contributed by atoms with van der Waals surface area (Å²) in [7, 11) is 0. The minimum atomic E-state index is -0.959. The lowest BCUT2D eigenvalue weighted by molar-refractivity contribution is -0.126. The third-order valence-electron chi connectivity index (χ3n) is 3.57. The van der Waals surface area contributed by atoms with Gasteiger partial charge in [-0.3, -0.25) is 4.79 Å². The smallest absolute Gasteiger partial charge is 0.335 e. The average molecular weight is 262 g/mol. The summed E-state index contributed by atoms with van der Waals surface area (Å²) in [6.45, 7) is 2.12. The Labute approximate surface area is 111 Å². The van der Waals surface area contributed by atoms with Gasteiger partial charge in [-0.2, -0.15) is 0 Å². The van der Waals surface area contributed by atoms with E-state index in [1.54, 1.807) is 19.1 Å². The molecule has 0 aliphatic heterocycles. The number of amides is 1. The molecule has 2 rings (SSSR count). The summed E-state index contributed by atoms with van der Waals surface area (Å²) in [6, 6.07) is 6.42. The van der Waals surface area contributed by atoms with Gasteiger partial charge >= 0.3 is 5.97 Å². The lowest BCUT2D eigenvalue weighted by Gasteiger charge is -2.23. The van der Waals surface area contributed by atoms with Crippen LogP contribution in [0.5, 0.6) is 0 Å². The largest absolute Gasteiger partial charge is 0.478 e. The highest BCUT2D eigenvalue weighted by atomic mass is 16.4. The number of hydrogen-bond acceptors (Lipinski definition) is 3. The molecule has 1 fully saturated rings. The maximum absolute atomic E-state index is 12.0. The molecule has 0 heterocycles. The van der Waals surface area contributed by atoms with Crippen LogP contribution in [0, 0.1) is 5.92 Å². The highest BCUT2D eigenvalue weighted by Crippen LogP contribution is 2.38. The number of nitrogens with one attached hydrogen (secondary N) is 1. The van der Waals surface area contributed by atoms with E-state index in [1.807, 2.05) is 0 Å². The summed E-state index contributed by atoms with van der Waals surface area (Å²) in [4.78, 5) is 22.7. The first-order valence-corrected chi connectivity index (χ1v) is 6.30. The van der Waals surface area contributed by atoms with Crippen molar-refractivity contribution in [3.63, 3.8) is 0 Å². The number of carboxylic acids is 1. The predicted molar refractivity (Wildman–Crippen MR) is 70.6 cm³/mol. The molecule has 1 aromatic rings. The van der Waals surface area contributed by atoms with Crippen molar-refractivity contribution in [2.24, 2.45) is 11.7 Å². The van der Waals surface area contributed by atoms with Crippen LogP contribution in [0.1, 0.15) is 35.7 Å². The molecule has 1 saturated carbocycles. The highest BCUT2D eigenvalue weighted by Gasteiger charge is 2.43. The van der Waals surface area contributed by atoms with Crippen LogP contribution in [0.2, 0.25) is 0 Å². The van der Waals surface area contributed by atoms with Gasteiger partial charge in [-0.25, -0.2) is 4.79 Å². The first kappa shape index (κ1) is 13.5. The number of benzene rings is 1. The van der Waals surface area contributed by atoms with Crippen LogP contribution in [-0.2, 0) is 11.3 Å². The number of hydrogen-bond donors (Lipinski definition) is 3. The fraction of sp³-hybridized carbons (Fsp3) is 0.429. The first-order valence-electron chi connectivity index (χ1n) is 6.30. The average Bonchev–Trinajstić information content (AvgIpc) is 3.20. The molecule has 1 amide bonds. The van der Waals surface area contributed by atoms with E-state index in [-0.39, 0.29) is 17.4 Å². The molecule has 1 aliphatic rings. The van der Waals surface area contributed by atoms with Crippen LogP contribution in [0.15, 0.2) is 24.3 Å². The Hall–Kier alpha value is -1.88. The Morgan fingerprint density at radius 3 is 2.42 bits per heavy atom. The zero-order chi connectivity index (χ0) is 14.0. The SMILES string of the molecule is CC(N)(C(=O)NCc1ccc(C(=O)O)cc1)C1CC1. The zero-order valence-corrected chi connectivity index (χ0v) is 10.8. The van der Waals surface area contributed by atoms with Gasteiger partial charge in [-0.15, -0.1) is 0 Å². The normalized spacial score (nSPS) is 17.6. The van der Waals surface area contributed by atoms with E-state index in [0.29, 0.717) is 6.54 Å². The van der Waals surface area contributed by atoms with E-state index < -0.39 is 11.5 Å². The van der Waals surface area contributed by atoms with Crippen LogP contribution in [0.3, 0.4) is 0 Å². The molecule has 19 heavy (non-hydrogen) atoms. The highest BCUT2D eigenvalue weighted by molar-refractivity contribution is 5.88. The second-order valence-corrected chi connectivity index (χ2v) is 5.24. The summed E-state index contributed by atoms with van der Waals surface area (Å²) in [5.41, 5.74) is 6.28. The topological polar surface area (TPSA) is 92.4 Å². The third kappa shape index (κ3) is 3.12. The van der Waals surface area contributed by atoms with E-state index >= 15 is 0 Å². The fourth-order valence-electron chi connectivity index (χ4n) is 2.01. The minimum Gasteiger partial charge on any atom is -0.478 e. The summed E-state index contributed by atoms with van der Waals surface area (Å²) in [5, 5.41) is 11.6. The van der Waals surface area contributed by atoms with Crippen LogP contribution in [0.4, 0.5) is 0 Å². The Kier molecular flexibility index (Phi) is 3.57. The fourth-order valence-corrected chi connectivity index (χ4v) is 2.01. The summed E-state index contributed by atoms with van der Waals surface area (Å²) in [5.74, 6) is -0.835. The van der Waals surface area contributed by atoms with Gasteiger partial charge in [0.2, 0.25) is 5.91 Å². The number of nitrogens with two attached hydrogens (primary N) is 1. The van der Waals surface area contributed by atoms with Gasteiger partial charge in [0.1, 0.15) is 0 Å². The van der Waals surface area contributed by atoms with Crippen molar-refractivity contribution >= 4 is 11.9 Å². The summed E-state index contributed by atoms with van der Waals surface area (Å²) in [6.07, 6.45) is 2.02. The summed E-state index contributed by atoms with van der Waals surface area (Å²) >= 11 is 0. The molecule has 1 aliphatic carbocycles. The van der Waals surface area contributed by atoms with Crippen LogP contribution in [0.25, 0.3) is 0 Å². The van der Waals surface area contributed by atoms with Gasteiger partial charge < -0.3 is 16.2 Å². The molecule has 1 unspecified atom stereocenters. The molecule has 4 N–H and O–H groups in total. The number of carbonyl (C=O) groups excluding carboxylic acids is 1. The van der Waals surface area contributed by atoms with Gasteiger partial charge in [0.15, 0.2) is 0 Å². The molecular weight excluding hydrogens is 244 g/mol.